The summed E-state index contributed by atoms with van der Waals surface area (Å²) in [7, 11) is 0. The van der Waals surface area contributed by atoms with Crippen molar-refractivity contribution < 1.29 is 5.11 Å². The van der Waals surface area contributed by atoms with Crippen LogP contribution in [0.25, 0.3) is 0 Å². The molecule has 1 saturated carbocycles. The molecule has 2 fully saturated rings. The second kappa shape index (κ2) is 9.38. The van der Waals surface area contributed by atoms with E-state index < -0.39 is 5.60 Å². The van der Waals surface area contributed by atoms with Crippen LogP contribution in [0.15, 0.2) is 35.3 Å². The molecule has 3 rings (SSSR count). The minimum Gasteiger partial charge on any atom is -0.388 e. The third kappa shape index (κ3) is 5.45. The molecule has 5 nitrogen and oxygen atoms in total. The van der Waals surface area contributed by atoms with E-state index in [1.807, 2.05) is 0 Å². The molecule has 1 unspecified atom stereocenters. The summed E-state index contributed by atoms with van der Waals surface area (Å²) in [6, 6.07) is 11.2. The van der Waals surface area contributed by atoms with Crippen LogP contribution in [0.1, 0.15) is 51.0 Å². The van der Waals surface area contributed by atoms with Gasteiger partial charge in [0, 0.05) is 25.7 Å². The van der Waals surface area contributed by atoms with Crippen LogP contribution >= 0.6 is 0 Å². The van der Waals surface area contributed by atoms with Crippen molar-refractivity contribution in [2.24, 2.45) is 4.99 Å². The normalized spacial score (nSPS) is 23.3. The molecule has 1 heterocycles. The van der Waals surface area contributed by atoms with Crippen LogP contribution in [0.5, 0.6) is 0 Å². The number of benzene rings is 1. The summed E-state index contributed by atoms with van der Waals surface area (Å²) in [5, 5.41) is 17.4. The fraction of sp³-hybridized carbons (Fsp3) is 0.667. The van der Waals surface area contributed by atoms with E-state index in [-0.39, 0.29) is 0 Å². The average Bonchev–Trinajstić information content (AvgIpc) is 3.28. The molecule has 1 atom stereocenters. The van der Waals surface area contributed by atoms with Crippen molar-refractivity contribution in [1.29, 1.82) is 0 Å². The van der Waals surface area contributed by atoms with E-state index >= 15 is 0 Å². The summed E-state index contributed by atoms with van der Waals surface area (Å²) in [4.78, 5) is 7.23. The minimum atomic E-state index is -0.588. The highest BCUT2D eigenvalue weighted by atomic mass is 16.3. The summed E-state index contributed by atoms with van der Waals surface area (Å²) >= 11 is 0. The predicted molar refractivity (Wildman–Crippen MR) is 107 cm³/mol. The van der Waals surface area contributed by atoms with E-state index in [2.05, 4.69) is 57.8 Å². The number of rotatable bonds is 7. The molecule has 5 heteroatoms. The van der Waals surface area contributed by atoms with Gasteiger partial charge in [-0.3, -0.25) is 9.89 Å². The second-order valence-electron chi connectivity index (χ2n) is 7.76. The molecule has 0 bridgehead atoms. The molecule has 144 valence electrons. The van der Waals surface area contributed by atoms with Crippen LogP contribution in [0.2, 0.25) is 0 Å². The molecule has 0 spiro atoms. The van der Waals surface area contributed by atoms with Gasteiger partial charge in [0.05, 0.1) is 12.1 Å². The van der Waals surface area contributed by atoms with Crippen molar-refractivity contribution >= 4 is 5.96 Å². The Kier molecular flexibility index (Phi) is 6.92. The van der Waals surface area contributed by atoms with Crippen molar-refractivity contribution in [2.45, 2.75) is 63.6 Å². The first-order chi connectivity index (χ1) is 12.7. The number of hydrogen-bond acceptors (Lipinski definition) is 3. The predicted octanol–water partition coefficient (Wildman–Crippen LogP) is 2.51. The van der Waals surface area contributed by atoms with Gasteiger partial charge in [-0.25, -0.2) is 0 Å². The first kappa shape index (κ1) is 19.2. The van der Waals surface area contributed by atoms with Crippen LogP contribution < -0.4 is 10.6 Å². The van der Waals surface area contributed by atoms with Gasteiger partial charge in [-0.05, 0) is 44.7 Å². The van der Waals surface area contributed by atoms with Crippen molar-refractivity contribution in [3.8, 4) is 0 Å². The first-order valence-electron chi connectivity index (χ1n) is 10.2. The van der Waals surface area contributed by atoms with Crippen LogP contribution in [0, 0.1) is 0 Å². The second-order valence-corrected chi connectivity index (χ2v) is 7.76. The van der Waals surface area contributed by atoms with Gasteiger partial charge in [-0.1, -0.05) is 43.2 Å². The third-order valence-corrected chi connectivity index (χ3v) is 5.64. The molecular weight excluding hydrogens is 324 g/mol. The largest absolute Gasteiger partial charge is 0.388 e. The van der Waals surface area contributed by atoms with Crippen molar-refractivity contribution in [1.82, 2.24) is 15.5 Å². The highest BCUT2D eigenvalue weighted by molar-refractivity contribution is 5.79. The van der Waals surface area contributed by atoms with E-state index in [1.165, 1.54) is 18.4 Å². The lowest BCUT2D eigenvalue weighted by atomic mass is 10.0. The first-order valence-corrected chi connectivity index (χ1v) is 10.2. The van der Waals surface area contributed by atoms with Gasteiger partial charge in [-0.2, -0.15) is 0 Å². The highest BCUT2D eigenvalue weighted by Gasteiger charge is 2.31. The van der Waals surface area contributed by atoms with E-state index in [1.54, 1.807) is 0 Å². The molecule has 1 saturated heterocycles. The van der Waals surface area contributed by atoms with Gasteiger partial charge in [-0.15, -0.1) is 0 Å². The zero-order chi connectivity index (χ0) is 18.2. The topological polar surface area (TPSA) is 59.9 Å². The lowest BCUT2D eigenvalue weighted by molar-refractivity contribution is 0.0574. The van der Waals surface area contributed by atoms with Crippen molar-refractivity contribution in [3.05, 3.63) is 35.9 Å². The van der Waals surface area contributed by atoms with Gasteiger partial charge in [0.15, 0.2) is 5.96 Å². The third-order valence-electron chi connectivity index (χ3n) is 5.64. The molecule has 1 aliphatic heterocycles. The van der Waals surface area contributed by atoms with Gasteiger partial charge >= 0.3 is 0 Å². The maximum Gasteiger partial charge on any atom is 0.191 e. The summed E-state index contributed by atoms with van der Waals surface area (Å²) < 4.78 is 0. The molecule has 0 amide bonds. The van der Waals surface area contributed by atoms with Gasteiger partial charge < -0.3 is 15.7 Å². The Bertz CT molecular complexity index is 569. The van der Waals surface area contributed by atoms with E-state index in [0.717, 1.165) is 57.8 Å². The fourth-order valence-corrected chi connectivity index (χ4v) is 4.13. The molecular formula is C21H34N4O. The van der Waals surface area contributed by atoms with Crippen LogP contribution in [-0.2, 0) is 6.54 Å². The minimum absolute atomic E-state index is 0.501. The Morgan fingerprint density at radius 1 is 1.19 bits per heavy atom. The van der Waals surface area contributed by atoms with Crippen molar-refractivity contribution in [3.63, 3.8) is 0 Å². The Labute approximate surface area is 157 Å². The van der Waals surface area contributed by atoms with E-state index in [9.17, 15) is 5.11 Å². The quantitative estimate of drug-likeness (QED) is 0.518. The number of guanidine groups is 1. The smallest absolute Gasteiger partial charge is 0.191 e. The monoisotopic (exact) mass is 358 g/mol. The molecule has 3 N–H and O–H groups in total. The maximum absolute atomic E-state index is 10.5. The number of aliphatic imine (C=N–C) groups is 1. The Morgan fingerprint density at radius 2 is 1.96 bits per heavy atom. The Balaban J connectivity index is 1.52. The fourth-order valence-electron chi connectivity index (χ4n) is 4.13. The lowest BCUT2D eigenvalue weighted by Crippen LogP contribution is -2.45. The summed E-state index contributed by atoms with van der Waals surface area (Å²) in [6.07, 6.45) is 6.47. The average molecular weight is 359 g/mol. The van der Waals surface area contributed by atoms with Crippen LogP contribution in [-0.4, -0.2) is 53.8 Å². The number of nitrogens with one attached hydrogen (secondary N) is 2. The number of hydrogen-bond donors (Lipinski definition) is 3. The maximum atomic E-state index is 10.5. The molecule has 1 aromatic carbocycles. The highest BCUT2D eigenvalue weighted by Crippen LogP contribution is 2.29. The summed E-state index contributed by atoms with van der Waals surface area (Å²) in [5.74, 6) is 0.833. The van der Waals surface area contributed by atoms with Crippen LogP contribution in [0.4, 0.5) is 0 Å². The van der Waals surface area contributed by atoms with Gasteiger partial charge in [0.25, 0.3) is 0 Å². The molecule has 1 aromatic rings. The van der Waals surface area contributed by atoms with Gasteiger partial charge in [0.2, 0.25) is 0 Å². The number of aliphatic hydroxyl groups is 1. The van der Waals surface area contributed by atoms with E-state index in [0.29, 0.717) is 12.6 Å². The zero-order valence-electron chi connectivity index (χ0n) is 16.1. The number of nitrogens with zero attached hydrogens (tertiary/aromatic N) is 2. The molecule has 1 aliphatic carbocycles. The Morgan fingerprint density at radius 3 is 2.69 bits per heavy atom. The van der Waals surface area contributed by atoms with E-state index in [4.69, 9.17) is 0 Å². The van der Waals surface area contributed by atoms with Crippen LogP contribution in [0.3, 0.4) is 0 Å². The van der Waals surface area contributed by atoms with Crippen molar-refractivity contribution in [2.75, 3.05) is 26.2 Å². The summed E-state index contributed by atoms with van der Waals surface area (Å²) in [6.45, 7) is 6.49. The molecule has 26 heavy (non-hydrogen) atoms. The number of likely N-dealkylation sites (tertiary alicyclic amines) is 1. The lowest BCUT2D eigenvalue weighted by Gasteiger charge is -2.26. The summed E-state index contributed by atoms with van der Waals surface area (Å²) in [5.41, 5.74) is 0.790. The SMILES string of the molecule is CCNC(=NCC1(O)CCCC1)NCC1CCCN1Cc1ccccc1. The molecule has 0 aromatic heterocycles. The standard InChI is InChI=1S/C21H34N4O/c1-2-22-20(24-17-21(26)12-6-7-13-21)23-15-19-11-8-14-25(19)16-18-9-4-3-5-10-18/h3-5,9-10,19,26H,2,6-8,11-17H2,1H3,(H2,22,23,24). The Hall–Kier alpha value is -1.59. The zero-order valence-corrected chi connectivity index (χ0v) is 16.1. The molecule has 2 aliphatic rings. The van der Waals surface area contributed by atoms with Gasteiger partial charge in [0.1, 0.15) is 0 Å². The molecule has 0 radical (unpaired) electrons.